The minimum atomic E-state index is -0.124. The van der Waals surface area contributed by atoms with Gasteiger partial charge in [-0.05, 0) is 46.8 Å². The van der Waals surface area contributed by atoms with E-state index in [-0.39, 0.29) is 6.10 Å². The van der Waals surface area contributed by atoms with Crippen molar-refractivity contribution in [1.82, 2.24) is 10.2 Å². The van der Waals surface area contributed by atoms with Gasteiger partial charge in [0.1, 0.15) is 0 Å². The van der Waals surface area contributed by atoms with E-state index in [0.29, 0.717) is 12.1 Å². The van der Waals surface area contributed by atoms with E-state index in [1.54, 1.807) is 0 Å². The van der Waals surface area contributed by atoms with Gasteiger partial charge in [-0.2, -0.15) is 0 Å². The molecule has 90 valence electrons. The lowest BCUT2D eigenvalue weighted by Gasteiger charge is -2.31. The SMILES string of the molecule is CC(CCN(C)C)N[C@@H]1CCCC[C@H]1O. The fourth-order valence-corrected chi connectivity index (χ4v) is 2.21. The average Bonchev–Trinajstić information content (AvgIpc) is 2.18. The van der Waals surface area contributed by atoms with Crippen LogP contribution in [0.5, 0.6) is 0 Å². The van der Waals surface area contributed by atoms with Crippen LogP contribution in [0.15, 0.2) is 0 Å². The minimum Gasteiger partial charge on any atom is -0.392 e. The largest absolute Gasteiger partial charge is 0.392 e. The Balaban J connectivity index is 2.20. The van der Waals surface area contributed by atoms with Gasteiger partial charge in [0.05, 0.1) is 6.10 Å². The zero-order valence-corrected chi connectivity index (χ0v) is 10.4. The third kappa shape index (κ3) is 4.96. The first-order valence-electron chi connectivity index (χ1n) is 6.18. The Kier molecular flexibility index (Phi) is 5.58. The fourth-order valence-electron chi connectivity index (χ4n) is 2.21. The van der Waals surface area contributed by atoms with Crippen LogP contribution in [-0.4, -0.2) is 48.8 Å². The second-order valence-corrected chi connectivity index (χ2v) is 5.12. The van der Waals surface area contributed by atoms with E-state index in [1.807, 2.05) is 0 Å². The maximum atomic E-state index is 9.82. The lowest BCUT2D eigenvalue weighted by atomic mass is 9.92. The van der Waals surface area contributed by atoms with Crippen molar-refractivity contribution in [3.8, 4) is 0 Å². The van der Waals surface area contributed by atoms with E-state index < -0.39 is 0 Å². The fraction of sp³-hybridized carbons (Fsp3) is 1.00. The van der Waals surface area contributed by atoms with Crippen molar-refractivity contribution in [2.24, 2.45) is 0 Å². The van der Waals surface area contributed by atoms with Crippen molar-refractivity contribution in [2.75, 3.05) is 20.6 Å². The molecular weight excluding hydrogens is 188 g/mol. The van der Waals surface area contributed by atoms with Gasteiger partial charge in [-0.25, -0.2) is 0 Å². The lowest BCUT2D eigenvalue weighted by Crippen LogP contribution is -2.46. The number of aliphatic hydroxyl groups is 1. The predicted octanol–water partition coefficient (Wildman–Crippen LogP) is 1.22. The highest BCUT2D eigenvalue weighted by Crippen LogP contribution is 2.18. The maximum absolute atomic E-state index is 9.82. The van der Waals surface area contributed by atoms with Gasteiger partial charge < -0.3 is 15.3 Å². The van der Waals surface area contributed by atoms with E-state index in [0.717, 1.165) is 25.8 Å². The monoisotopic (exact) mass is 214 g/mol. The van der Waals surface area contributed by atoms with Gasteiger partial charge >= 0.3 is 0 Å². The smallest absolute Gasteiger partial charge is 0.0693 e. The first-order valence-corrected chi connectivity index (χ1v) is 6.18. The summed E-state index contributed by atoms with van der Waals surface area (Å²) in [4.78, 5) is 2.20. The van der Waals surface area contributed by atoms with Crippen molar-refractivity contribution >= 4 is 0 Å². The second-order valence-electron chi connectivity index (χ2n) is 5.12. The third-order valence-corrected chi connectivity index (χ3v) is 3.24. The molecule has 1 aliphatic rings. The normalized spacial score (nSPS) is 29.4. The summed E-state index contributed by atoms with van der Waals surface area (Å²) in [6, 6.07) is 0.834. The quantitative estimate of drug-likeness (QED) is 0.722. The Morgan fingerprint density at radius 2 is 2.00 bits per heavy atom. The molecule has 1 fully saturated rings. The van der Waals surface area contributed by atoms with Gasteiger partial charge in [-0.1, -0.05) is 12.8 Å². The molecule has 3 nitrogen and oxygen atoms in total. The number of nitrogens with zero attached hydrogens (tertiary/aromatic N) is 1. The second kappa shape index (κ2) is 6.46. The first-order chi connectivity index (χ1) is 7.09. The average molecular weight is 214 g/mol. The Morgan fingerprint density at radius 1 is 1.33 bits per heavy atom. The lowest BCUT2D eigenvalue weighted by molar-refractivity contribution is 0.0848. The van der Waals surface area contributed by atoms with Crippen LogP contribution in [0.4, 0.5) is 0 Å². The summed E-state index contributed by atoms with van der Waals surface area (Å²) in [6.07, 6.45) is 5.57. The molecule has 0 aromatic rings. The van der Waals surface area contributed by atoms with Crippen molar-refractivity contribution in [2.45, 2.75) is 57.2 Å². The number of hydrogen-bond acceptors (Lipinski definition) is 3. The topological polar surface area (TPSA) is 35.5 Å². The molecule has 0 aromatic carbocycles. The number of rotatable bonds is 5. The predicted molar refractivity (Wildman–Crippen MR) is 64.0 cm³/mol. The van der Waals surface area contributed by atoms with Gasteiger partial charge in [0.15, 0.2) is 0 Å². The molecule has 0 radical (unpaired) electrons. The molecule has 1 aliphatic carbocycles. The summed E-state index contributed by atoms with van der Waals surface area (Å²) in [6.45, 7) is 3.32. The molecule has 0 spiro atoms. The van der Waals surface area contributed by atoms with Crippen LogP contribution in [0.25, 0.3) is 0 Å². The van der Waals surface area contributed by atoms with E-state index in [9.17, 15) is 5.11 Å². The minimum absolute atomic E-state index is 0.124. The molecule has 3 atom stereocenters. The van der Waals surface area contributed by atoms with Gasteiger partial charge in [-0.15, -0.1) is 0 Å². The molecule has 2 N–H and O–H groups in total. The Morgan fingerprint density at radius 3 is 2.60 bits per heavy atom. The summed E-state index contributed by atoms with van der Waals surface area (Å²) < 4.78 is 0. The molecule has 0 bridgehead atoms. The molecule has 0 heterocycles. The zero-order valence-electron chi connectivity index (χ0n) is 10.4. The molecule has 1 rings (SSSR count). The van der Waals surface area contributed by atoms with Crippen molar-refractivity contribution in [3.05, 3.63) is 0 Å². The standard InChI is InChI=1S/C12H26N2O/c1-10(8-9-14(2)3)13-11-6-4-5-7-12(11)15/h10-13,15H,4-9H2,1-3H3/t10?,11-,12-/m1/s1. The Hall–Kier alpha value is -0.120. The molecule has 0 aromatic heterocycles. The molecule has 0 aliphatic heterocycles. The third-order valence-electron chi connectivity index (χ3n) is 3.24. The van der Waals surface area contributed by atoms with Gasteiger partial charge in [0.25, 0.3) is 0 Å². The summed E-state index contributed by atoms with van der Waals surface area (Å²) in [5.41, 5.74) is 0. The number of nitrogens with one attached hydrogen (secondary N) is 1. The molecule has 3 heteroatoms. The molecular formula is C12H26N2O. The molecule has 1 unspecified atom stereocenters. The highest BCUT2D eigenvalue weighted by molar-refractivity contribution is 4.82. The first kappa shape index (κ1) is 12.9. The van der Waals surface area contributed by atoms with E-state index in [1.165, 1.54) is 12.8 Å². The van der Waals surface area contributed by atoms with Gasteiger partial charge in [0, 0.05) is 12.1 Å². The highest BCUT2D eigenvalue weighted by atomic mass is 16.3. The van der Waals surface area contributed by atoms with E-state index in [4.69, 9.17) is 0 Å². The maximum Gasteiger partial charge on any atom is 0.0693 e. The van der Waals surface area contributed by atoms with Crippen molar-refractivity contribution in [1.29, 1.82) is 0 Å². The Labute approximate surface area is 93.9 Å². The summed E-state index contributed by atoms with van der Waals surface area (Å²) in [7, 11) is 4.20. The summed E-state index contributed by atoms with van der Waals surface area (Å²) >= 11 is 0. The molecule has 0 saturated heterocycles. The van der Waals surface area contributed by atoms with Crippen LogP contribution < -0.4 is 5.32 Å². The number of aliphatic hydroxyl groups excluding tert-OH is 1. The van der Waals surface area contributed by atoms with Crippen molar-refractivity contribution < 1.29 is 5.11 Å². The Bertz CT molecular complexity index is 173. The van der Waals surface area contributed by atoms with Gasteiger partial charge in [-0.3, -0.25) is 0 Å². The van der Waals surface area contributed by atoms with Crippen LogP contribution in [0.3, 0.4) is 0 Å². The van der Waals surface area contributed by atoms with Crippen LogP contribution in [-0.2, 0) is 0 Å². The van der Waals surface area contributed by atoms with Gasteiger partial charge in [0.2, 0.25) is 0 Å². The number of hydrogen-bond donors (Lipinski definition) is 2. The summed E-state index contributed by atoms with van der Waals surface area (Å²) in [5.74, 6) is 0. The van der Waals surface area contributed by atoms with E-state index >= 15 is 0 Å². The van der Waals surface area contributed by atoms with Crippen molar-refractivity contribution in [3.63, 3.8) is 0 Å². The van der Waals surface area contributed by atoms with Crippen LogP contribution in [0.1, 0.15) is 39.0 Å². The molecule has 15 heavy (non-hydrogen) atoms. The van der Waals surface area contributed by atoms with Crippen LogP contribution in [0, 0.1) is 0 Å². The zero-order chi connectivity index (χ0) is 11.3. The van der Waals surface area contributed by atoms with Crippen LogP contribution >= 0.6 is 0 Å². The van der Waals surface area contributed by atoms with Crippen LogP contribution in [0.2, 0.25) is 0 Å². The summed E-state index contributed by atoms with van der Waals surface area (Å²) in [5, 5.41) is 13.4. The highest BCUT2D eigenvalue weighted by Gasteiger charge is 2.23. The molecule has 0 amide bonds. The van der Waals surface area contributed by atoms with E-state index in [2.05, 4.69) is 31.2 Å². The molecule has 1 saturated carbocycles.